The van der Waals surface area contributed by atoms with Gasteiger partial charge in [-0.15, -0.1) is 0 Å². The zero-order chi connectivity index (χ0) is 78.3. The van der Waals surface area contributed by atoms with Crippen LogP contribution in [-0.2, 0) is 95.3 Å². The quantitative estimate of drug-likeness (QED) is 0.0154. The number of ether oxygens (including phenoxy) is 11. The molecule has 0 aromatic heterocycles. The number of hydroxylamine groups is 2. The Morgan fingerprint density at radius 3 is 1.28 bits per heavy atom. The molecule has 3 aliphatic heterocycles. The monoisotopic (exact) mass is 1500 g/mol. The first-order valence-corrected chi connectivity index (χ1v) is 35.1. The number of carbonyl (C=O) groups is 8. The molecule has 0 radical (unpaired) electrons. The molecule has 0 bridgehead atoms. The van der Waals surface area contributed by atoms with E-state index in [2.05, 4.69) is 37.2 Å². The molecular weight excluding hydrogens is 1380 g/mol. The fraction of sp³-hybridized carbons (Fsp3) is 0.879. The average Bonchev–Trinajstić information content (AvgIpc) is 0.817. The second-order valence-electron chi connectivity index (χ2n) is 28.6. The Morgan fingerprint density at radius 1 is 0.481 bits per heavy atom. The van der Waals surface area contributed by atoms with Gasteiger partial charge in [0.2, 0.25) is 41.4 Å². The number of aliphatic carboxylic acids is 1. The fourth-order valence-corrected chi connectivity index (χ4v) is 10.6. The van der Waals surface area contributed by atoms with Gasteiger partial charge in [0.05, 0.1) is 81.4 Å². The average molecular weight is 1510 g/mol. The van der Waals surface area contributed by atoms with E-state index in [1.54, 1.807) is 62.3 Å². The molecule has 38 nitrogen and oxygen atoms in total. The number of unbranched alkanes of at least 4 members (excludes halogenated alkanes) is 2. The Morgan fingerprint density at radius 2 is 0.875 bits per heavy atom. The van der Waals surface area contributed by atoms with E-state index in [9.17, 15) is 89.4 Å². The van der Waals surface area contributed by atoms with Crippen molar-refractivity contribution in [2.75, 3.05) is 99.5 Å². The molecule has 0 spiro atoms. The highest BCUT2D eigenvalue weighted by Gasteiger charge is 2.48. The topological polar surface area (TPSA) is 537 Å². The summed E-state index contributed by atoms with van der Waals surface area (Å²) in [6.45, 7) is 16.4. The van der Waals surface area contributed by atoms with Gasteiger partial charge in [-0.05, 0) is 120 Å². The van der Waals surface area contributed by atoms with Crippen molar-refractivity contribution in [3.63, 3.8) is 0 Å². The third-order valence-corrected chi connectivity index (χ3v) is 17.1. The van der Waals surface area contributed by atoms with Crippen LogP contribution in [0.5, 0.6) is 0 Å². The van der Waals surface area contributed by atoms with E-state index in [4.69, 9.17) is 56.9 Å². The molecule has 3 saturated heterocycles. The van der Waals surface area contributed by atoms with E-state index < -0.39 is 213 Å². The highest BCUT2D eigenvalue weighted by molar-refractivity contribution is 5.90. The molecule has 0 aromatic carbocycles. The Kier molecular flexibility index (Phi) is 40.8. The summed E-state index contributed by atoms with van der Waals surface area (Å²) in [4.78, 5) is 107. The van der Waals surface area contributed by atoms with Crippen LogP contribution in [0.3, 0.4) is 0 Å². The van der Waals surface area contributed by atoms with Gasteiger partial charge < -0.3 is 140 Å². The van der Waals surface area contributed by atoms with E-state index in [0.29, 0.717) is 19.3 Å². The van der Waals surface area contributed by atoms with Crippen molar-refractivity contribution in [3.8, 4) is 0 Å². The smallest absolute Gasteiger partial charge is 0.326 e. The van der Waals surface area contributed by atoms with Crippen molar-refractivity contribution in [2.24, 2.45) is 0 Å². The van der Waals surface area contributed by atoms with E-state index in [1.165, 1.54) is 32.9 Å². The third-order valence-electron chi connectivity index (χ3n) is 17.1. The zero-order valence-electron chi connectivity index (χ0n) is 62.2. The van der Waals surface area contributed by atoms with Gasteiger partial charge in [0, 0.05) is 40.9 Å². The molecule has 17 N–H and O–H groups in total. The number of amides is 7. The molecule has 3 rings (SSSR count). The number of carbonyl (C=O) groups excluding carboxylic acids is 7. The highest BCUT2D eigenvalue weighted by atomic mass is 16.7. The number of carboxylic acid groups (broad SMARTS) is 1. The molecule has 3 aliphatic rings. The van der Waals surface area contributed by atoms with Gasteiger partial charge in [0.1, 0.15) is 112 Å². The summed E-state index contributed by atoms with van der Waals surface area (Å²) in [6, 6.07) is -6.05. The van der Waals surface area contributed by atoms with E-state index >= 15 is 0 Å². The van der Waals surface area contributed by atoms with Crippen LogP contribution in [0.15, 0.2) is 0 Å². The van der Waals surface area contributed by atoms with Gasteiger partial charge in [0.15, 0.2) is 18.9 Å². The number of carboxylic acids is 1. The largest absolute Gasteiger partial charge is 0.480 e. The van der Waals surface area contributed by atoms with Gasteiger partial charge in [-0.2, -0.15) is 5.06 Å². The lowest BCUT2D eigenvalue weighted by molar-refractivity contribution is -0.273. The summed E-state index contributed by atoms with van der Waals surface area (Å²) in [6.07, 6.45) is -14.7. The highest BCUT2D eigenvalue weighted by Crippen LogP contribution is 2.28. The van der Waals surface area contributed by atoms with Crippen molar-refractivity contribution >= 4 is 47.3 Å². The predicted octanol–water partition coefficient (Wildman–Crippen LogP) is -4.93. The van der Waals surface area contributed by atoms with Crippen LogP contribution >= 0.6 is 0 Å². The zero-order valence-corrected chi connectivity index (χ0v) is 62.2. The van der Waals surface area contributed by atoms with Crippen LogP contribution in [0.4, 0.5) is 0 Å². The van der Waals surface area contributed by atoms with Crippen molar-refractivity contribution in [1.82, 2.24) is 42.3 Å². The third kappa shape index (κ3) is 34.4. The summed E-state index contributed by atoms with van der Waals surface area (Å²) in [5.74, 6) is -5.36. The van der Waals surface area contributed by atoms with Crippen molar-refractivity contribution in [2.45, 2.75) is 273 Å². The van der Waals surface area contributed by atoms with Crippen LogP contribution in [0.25, 0.3) is 0 Å². The Labute approximate surface area is 607 Å². The lowest BCUT2D eigenvalue weighted by atomic mass is 9.97. The Bertz CT molecular complexity index is 2620. The fourth-order valence-electron chi connectivity index (χ4n) is 10.6. The molecule has 0 aliphatic carbocycles. The molecule has 3 heterocycles. The number of hydrogen-bond acceptors (Lipinski definition) is 30. The van der Waals surface area contributed by atoms with E-state index in [0.717, 1.165) is 0 Å². The predicted molar refractivity (Wildman–Crippen MR) is 362 cm³/mol. The summed E-state index contributed by atoms with van der Waals surface area (Å²) in [7, 11) is 1.54. The molecule has 38 heteroatoms. The number of hydrogen-bond donors (Lipinski definition) is 17. The molecule has 3 fully saturated rings. The Hall–Kier alpha value is -5.12. The standard InChI is InChI=1S/C66H120N8O30/c1-37(31-97-63(5,6)20-25-93-60-49(69-38(2)78)55(87)52(84)43(28-75)102-60)96-32-46(81)67-23-17-15-19-42(59(91)92)73-58(90)41(72-48(83)33-98-66(11,12)35-99-64(7,8)21-26-94-61-50(70-39(3)79)56(88)53(85)44(29-76)103-61)18-14-16-24-68-47(82)34-101-74(13)36-100-65(9,10)22-27-95-62-51(71-40(4)80)57(89)54(86)45(30-77)104-62/h37,41-45,49-57,60-62,75-77,84-89H,14-36H2,1-13H3,(H,67,81)(H,68,82)(H,69,78)(H,70,79)(H,71,80)(H,72,83)(H,73,90)(H,91,92). The maximum Gasteiger partial charge on any atom is 0.326 e. The van der Waals surface area contributed by atoms with Gasteiger partial charge in [-0.3, -0.25) is 38.4 Å². The first-order chi connectivity index (χ1) is 48.6. The summed E-state index contributed by atoms with van der Waals surface area (Å²) >= 11 is 0. The summed E-state index contributed by atoms with van der Waals surface area (Å²) in [5.41, 5.74) is -3.62. The van der Waals surface area contributed by atoms with Crippen molar-refractivity contribution in [3.05, 3.63) is 0 Å². The minimum atomic E-state index is -1.50. The molecule has 7 amide bonds. The lowest BCUT2D eigenvalue weighted by Gasteiger charge is -2.42. The second-order valence-corrected chi connectivity index (χ2v) is 28.6. The van der Waals surface area contributed by atoms with E-state index in [1.807, 2.05) is 0 Å². The van der Waals surface area contributed by atoms with Gasteiger partial charge >= 0.3 is 5.97 Å². The van der Waals surface area contributed by atoms with Crippen molar-refractivity contribution < 1.29 is 146 Å². The number of rotatable bonds is 50. The minimum absolute atomic E-state index is 0.00772. The van der Waals surface area contributed by atoms with Gasteiger partial charge in [-0.25, -0.2) is 4.79 Å². The normalized spacial score (nSPS) is 26.4. The molecular formula is C66H120N8O30. The van der Waals surface area contributed by atoms with Crippen LogP contribution in [0, 0.1) is 0 Å². The maximum absolute atomic E-state index is 14.0. The van der Waals surface area contributed by atoms with Crippen LogP contribution in [-0.4, -0.2) is 336 Å². The maximum atomic E-state index is 14.0. The molecule has 0 saturated carbocycles. The van der Waals surface area contributed by atoms with E-state index in [-0.39, 0.29) is 98.0 Å². The number of nitrogens with one attached hydrogen (secondary N) is 7. The van der Waals surface area contributed by atoms with Crippen LogP contribution < -0.4 is 37.2 Å². The second kappa shape index (κ2) is 45.6. The molecule has 18 unspecified atom stereocenters. The molecule has 604 valence electrons. The number of aliphatic hydroxyl groups excluding tert-OH is 9. The minimum Gasteiger partial charge on any atom is -0.480 e. The first kappa shape index (κ1) is 93.1. The summed E-state index contributed by atoms with van der Waals surface area (Å²) in [5, 5.41) is 121. The number of aliphatic hydroxyl groups is 9. The first-order valence-electron chi connectivity index (χ1n) is 35.1. The van der Waals surface area contributed by atoms with Crippen LogP contribution in [0.2, 0.25) is 0 Å². The van der Waals surface area contributed by atoms with Crippen LogP contribution in [0.1, 0.15) is 141 Å². The summed E-state index contributed by atoms with van der Waals surface area (Å²) < 4.78 is 64.1. The SMILES string of the molecule is CC(=O)NC1C(OCCC(C)(C)OCC(C)OCC(=O)NCCCCC(NC(=O)C(CCCCNC(=O)CON(C)COC(C)(C)CCOC2OC(CO)C(O)C(O)C2NC(C)=O)NC(=O)COC(C)(C)COC(C)(C)CCOC2OC(CO)C(O)C(O)C2NC(C)=O)C(=O)O)OC(CO)C(O)C1O. The molecule has 104 heavy (non-hydrogen) atoms. The van der Waals surface area contributed by atoms with Crippen molar-refractivity contribution in [1.29, 1.82) is 0 Å². The van der Waals surface area contributed by atoms with Gasteiger partial charge in [0.25, 0.3) is 0 Å². The molecule has 18 atom stereocenters. The Balaban J connectivity index is 1.53. The van der Waals surface area contributed by atoms with Gasteiger partial charge in [-0.1, -0.05) is 0 Å². The number of nitrogens with zero attached hydrogens (tertiary/aromatic N) is 1. The lowest BCUT2D eigenvalue weighted by Crippen LogP contribution is -2.64. The molecule has 0 aromatic rings.